The topological polar surface area (TPSA) is 49.3 Å². The maximum atomic E-state index is 12.2. The molecule has 0 aliphatic carbocycles. The first-order valence-corrected chi connectivity index (χ1v) is 7.06. The van der Waals surface area contributed by atoms with Crippen molar-refractivity contribution in [1.29, 1.82) is 0 Å². The van der Waals surface area contributed by atoms with Crippen molar-refractivity contribution >= 4 is 5.91 Å². The van der Waals surface area contributed by atoms with Gasteiger partial charge in [0.25, 0.3) is 0 Å². The first kappa shape index (κ1) is 17.4. The van der Waals surface area contributed by atoms with Gasteiger partial charge in [-0.05, 0) is 30.6 Å². The van der Waals surface area contributed by atoms with Crippen LogP contribution in [0.2, 0.25) is 0 Å². The van der Waals surface area contributed by atoms with E-state index in [-0.39, 0.29) is 17.9 Å². The van der Waals surface area contributed by atoms with Crippen molar-refractivity contribution in [2.24, 2.45) is 16.7 Å². The highest BCUT2D eigenvalue weighted by atomic mass is 16.3. The molecule has 0 spiro atoms. The summed E-state index contributed by atoms with van der Waals surface area (Å²) in [5.74, 6) is 0.697. The van der Waals surface area contributed by atoms with Gasteiger partial charge in [0.1, 0.15) is 0 Å². The maximum Gasteiger partial charge on any atom is 0.226 e. The van der Waals surface area contributed by atoms with E-state index >= 15 is 0 Å². The zero-order valence-corrected chi connectivity index (χ0v) is 13.0. The average Bonchev–Trinajstić information content (AvgIpc) is 2.24. The van der Waals surface area contributed by atoms with Crippen LogP contribution in [0.15, 0.2) is 0 Å². The van der Waals surface area contributed by atoms with Crippen LogP contribution in [-0.4, -0.2) is 24.2 Å². The lowest BCUT2D eigenvalue weighted by Gasteiger charge is -2.31. The van der Waals surface area contributed by atoms with Gasteiger partial charge in [0.2, 0.25) is 5.91 Å². The highest BCUT2D eigenvalue weighted by Crippen LogP contribution is 2.28. The minimum absolute atomic E-state index is 0.0626. The number of carbonyl (C=O) groups is 1. The third kappa shape index (κ3) is 5.85. The van der Waals surface area contributed by atoms with E-state index in [1.807, 2.05) is 13.8 Å². The molecule has 0 aliphatic rings. The molecule has 3 nitrogen and oxygen atoms in total. The molecular formula is C15H31NO2. The molecule has 1 amide bonds. The quantitative estimate of drug-likeness (QED) is 0.702. The van der Waals surface area contributed by atoms with Gasteiger partial charge in [0.05, 0.1) is 0 Å². The summed E-state index contributed by atoms with van der Waals surface area (Å²) < 4.78 is 0. The summed E-state index contributed by atoms with van der Waals surface area (Å²) in [4.78, 5) is 12.2. The number of nitrogens with one attached hydrogen (secondary N) is 1. The molecule has 0 aromatic carbocycles. The fraction of sp³-hybridized carbons (Fsp3) is 0.933. The zero-order chi connectivity index (χ0) is 14.4. The van der Waals surface area contributed by atoms with Gasteiger partial charge in [-0.25, -0.2) is 0 Å². The summed E-state index contributed by atoms with van der Waals surface area (Å²) in [6, 6.07) is 0. The largest absolute Gasteiger partial charge is 0.396 e. The molecule has 0 radical (unpaired) electrons. The molecule has 2 N–H and O–H groups in total. The lowest BCUT2D eigenvalue weighted by molar-refractivity contribution is -0.131. The van der Waals surface area contributed by atoms with Crippen molar-refractivity contribution in [1.82, 2.24) is 5.32 Å². The van der Waals surface area contributed by atoms with Crippen LogP contribution in [-0.2, 0) is 4.79 Å². The van der Waals surface area contributed by atoms with E-state index in [9.17, 15) is 4.79 Å². The predicted molar refractivity (Wildman–Crippen MR) is 76.3 cm³/mol. The Balaban J connectivity index is 4.40. The molecule has 0 rings (SSSR count). The monoisotopic (exact) mass is 257 g/mol. The van der Waals surface area contributed by atoms with Crippen LogP contribution < -0.4 is 5.32 Å². The van der Waals surface area contributed by atoms with E-state index in [2.05, 4.69) is 33.0 Å². The Bertz CT molecular complexity index is 261. The molecule has 1 atom stereocenters. The van der Waals surface area contributed by atoms with Gasteiger partial charge in [-0.3, -0.25) is 4.79 Å². The van der Waals surface area contributed by atoms with E-state index in [4.69, 9.17) is 5.11 Å². The van der Waals surface area contributed by atoms with Gasteiger partial charge in [0.15, 0.2) is 0 Å². The molecule has 108 valence electrons. The summed E-state index contributed by atoms with van der Waals surface area (Å²) in [5, 5.41) is 12.1. The number of hydrogen-bond acceptors (Lipinski definition) is 2. The molecule has 0 fully saturated rings. The van der Waals surface area contributed by atoms with Crippen LogP contribution in [0.5, 0.6) is 0 Å². The maximum absolute atomic E-state index is 12.2. The Morgan fingerprint density at radius 2 is 1.83 bits per heavy atom. The first-order chi connectivity index (χ1) is 8.17. The van der Waals surface area contributed by atoms with Gasteiger partial charge in [0, 0.05) is 18.6 Å². The summed E-state index contributed by atoms with van der Waals surface area (Å²) in [6.45, 7) is 13.4. The van der Waals surface area contributed by atoms with Gasteiger partial charge in [-0.2, -0.15) is 0 Å². The highest BCUT2D eigenvalue weighted by molar-refractivity contribution is 5.82. The highest BCUT2D eigenvalue weighted by Gasteiger charge is 2.31. The molecule has 3 heteroatoms. The standard InChI is InChI=1S/C15H31NO2/c1-7-15(6,8-9-17)13(18)16-11-14(4,5)10-12(2)3/h12,17H,7-11H2,1-6H3,(H,16,18). The Labute approximate surface area is 112 Å². The smallest absolute Gasteiger partial charge is 0.226 e. The lowest BCUT2D eigenvalue weighted by Crippen LogP contribution is -2.43. The first-order valence-electron chi connectivity index (χ1n) is 7.06. The number of rotatable bonds is 8. The van der Waals surface area contributed by atoms with Crippen LogP contribution in [0, 0.1) is 16.7 Å². The number of aliphatic hydroxyl groups is 1. The van der Waals surface area contributed by atoms with E-state index < -0.39 is 5.41 Å². The molecule has 0 aliphatic heterocycles. The van der Waals surface area contributed by atoms with Crippen LogP contribution in [0.3, 0.4) is 0 Å². The molecule has 0 saturated heterocycles. The third-order valence-corrected chi connectivity index (χ3v) is 3.68. The Morgan fingerprint density at radius 3 is 2.22 bits per heavy atom. The number of hydrogen-bond donors (Lipinski definition) is 2. The fourth-order valence-electron chi connectivity index (χ4n) is 2.41. The van der Waals surface area contributed by atoms with E-state index in [0.717, 1.165) is 12.8 Å². The molecule has 18 heavy (non-hydrogen) atoms. The van der Waals surface area contributed by atoms with Crippen molar-refractivity contribution in [2.45, 2.75) is 60.8 Å². The van der Waals surface area contributed by atoms with Crippen molar-refractivity contribution in [3.8, 4) is 0 Å². The second-order valence-electron chi connectivity index (χ2n) is 6.83. The molecule has 1 unspecified atom stereocenters. The molecule has 0 saturated carbocycles. The fourth-order valence-corrected chi connectivity index (χ4v) is 2.41. The predicted octanol–water partition coefficient (Wildman–Crippen LogP) is 2.97. The number of amides is 1. The van der Waals surface area contributed by atoms with E-state index in [1.165, 1.54) is 0 Å². The molecule has 0 aromatic heterocycles. The summed E-state index contributed by atoms with van der Waals surface area (Å²) in [5.41, 5.74) is -0.319. The lowest BCUT2D eigenvalue weighted by atomic mass is 9.81. The minimum Gasteiger partial charge on any atom is -0.396 e. The molecule has 0 heterocycles. The number of carbonyl (C=O) groups excluding carboxylic acids is 1. The van der Waals surface area contributed by atoms with Gasteiger partial charge in [-0.15, -0.1) is 0 Å². The zero-order valence-electron chi connectivity index (χ0n) is 13.0. The SMILES string of the molecule is CCC(C)(CCO)C(=O)NCC(C)(C)CC(C)C. The van der Waals surface area contributed by atoms with E-state index in [0.29, 0.717) is 18.9 Å². The summed E-state index contributed by atoms with van der Waals surface area (Å²) >= 11 is 0. The van der Waals surface area contributed by atoms with Crippen LogP contribution in [0.4, 0.5) is 0 Å². The third-order valence-electron chi connectivity index (χ3n) is 3.68. The Kier molecular flexibility index (Phi) is 6.90. The minimum atomic E-state index is -0.442. The van der Waals surface area contributed by atoms with Gasteiger partial charge >= 0.3 is 0 Å². The summed E-state index contributed by atoms with van der Waals surface area (Å²) in [7, 11) is 0. The van der Waals surface area contributed by atoms with Crippen molar-refractivity contribution < 1.29 is 9.90 Å². The molecule has 0 bridgehead atoms. The second kappa shape index (κ2) is 7.13. The van der Waals surface area contributed by atoms with Crippen molar-refractivity contribution in [3.05, 3.63) is 0 Å². The van der Waals surface area contributed by atoms with Crippen LogP contribution in [0.25, 0.3) is 0 Å². The van der Waals surface area contributed by atoms with Gasteiger partial charge in [-0.1, -0.05) is 41.5 Å². The van der Waals surface area contributed by atoms with E-state index in [1.54, 1.807) is 0 Å². The second-order valence-corrected chi connectivity index (χ2v) is 6.83. The normalized spacial score (nSPS) is 15.6. The van der Waals surface area contributed by atoms with Crippen LogP contribution in [0.1, 0.15) is 60.8 Å². The molecular weight excluding hydrogens is 226 g/mol. The van der Waals surface area contributed by atoms with Crippen molar-refractivity contribution in [2.75, 3.05) is 13.2 Å². The average molecular weight is 257 g/mol. The van der Waals surface area contributed by atoms with Gasteiger partial charge < -0.3 is 10.4 Å². The Morgan fingerprint density at radius 1 is 1.28 bits per heavy atom. The van der Waals surface area contributed by atoms with Crippen LogP contribution >= 0.6 is 0 Å². The number of aliphatic hydroxyl groups excluding tert-OH is 1. The molecule has 0 aromatic rings. The summed E-state index contributed by atoms with van der Waals surface area (Å²) in [6.07, 6.45) is 2.38. The Hall–Kier alpha value is -0.570. The van der Waals surface area contributed by atoms with Crippen molar-refractivity contribution in [3.63, 3.8) is 0 Å².